The summed E-state index contributed by atoms with van der Waals surface area (Å²) >= 11 is 0. The summed E-state index contributed by atoms with van der Waals surface area (Å²) in [5, 5.41) is 0. The topological polar surface area (TPSA) is 76.7 Å². The first-order valence-corrected chi connectivity index (χ1v) is 6.97. The van der Waals surface area contributed by atoms with Gasteiger partial charge in [-0.3, -0.25) is 20.4 Å². The Morgan fingerprint density at radius 1 is 0.957 bits per heavy atom. The third-order valence-corrected chi connectivity index (χ3v) is 3.21. The largest absolute Gasteiger partial charge is 0.497 e. The molecule has 0 aromatic heterocycles. The number of hydrogen-bond donors (Lipinski definition) is 2. The van der Waals surface area contributed by atoms with Crippen molar-refractivity contribution in [3.63, 3.8) is 0 Å². The quantitative estimate of drug-likeness (QED) is 0.826. The Balaban J connectivity index is 1.98. The van der Waals surface area contributed by atoms with Crippen LogP contribution in [0, 0.1) is 0 Å². The summed E-state index contributed by atoms with van der Waals surface area (Å²) in [6.45, 7) is 0. The van der Waals surface area contributed by atoms with Crippen molar-refractivity contribution in [3.8, 4) is 5.75 Å². The zero-order chi connectivity index (χ0) is 16.7. The van der Waals surface area contributed by atoms with Crippen LogP contribution in [0.25, 0.3) is 0 Å². The number of ether oxygens (including phenoxy) is 2. The van der Waals surface area contributed by atoms with Gasteiger partial charge in [-0.2, -0.15) is 0 Å². The van der Waals surface area contributed by atoms with Gasteiger partial charge in [0, 0.05) is 12.7 Å². The van der Waals surface area contributed by atoms with Crippen LogP contribution >= 0.6 is 0 Å². The van der Waals surface area contributed by atoms with Gasteiger partial charge in [0.2, 0.25) is 0 Å². The summed E-state index contributed by atoms with van der Waals surface area (Å²) in [6, 6.07) is 15.6. The summed E-state index contributed by atoms with van der Waals surface area (Å²) in [5.41, 5.74) is 5.79. The van der Waals surface area contributed by atoms with Crippen LogP contribution in [0.2, 0.25) is 0 Å². The molecule has 6 heteroatoms. The van der Waals surface area contributed by atoms with Gasteiger partial charge in [-0.25, -0.2) is 0 Å². The van der Waals surface area contributed by atoms with E-state index in [-0.39, 0.29) is 0 Å². The molecule has 0 aliphatic carbocycles. The van der Waals surface area contributed by atoms with Crippen molar-refractivity contribution >= 4 is 11.8 Å². The van der Waals surface area contributed by atoms with Gasteiger partial charge in [-0.1, -0.05) is 36.4 Å². The number of carbonyl (C=O) groups is 2. The molecule has 0 bridgehead atoms. The van der Waals surface area contributed by atoms with Gasteiger partial charge in [0.15, 0.2) is 6.10 Å². The third-order valence-electron chi connectivity index (χ3n) is 3.21. The molecule has 2 amide bonds. The molecule has 2 N–H and O–H groups in total. The van der Waals surface area contributed by atoms with Gasteiger partial charge < -0.3 is 9.47 Å². The fourth-order valence-electron chi connectivity index (χ4n) is 2.04. The lowest BCUT2D eigenvalue weighted by molar-refractivity contribution is -0.132. The lowest BCUT2D eigenvalue weighted by Gasteiger charge is -2.16. The molecule has 0 saturated heterocycles. The molecule has 1 unspecified atom stereocenters. The highest BCUT2D eigenvalue weighted by atomic mass is 16.5. The average molecular weight is 314 g/mol. The first kappa shape index (κ1) is 16.5. The van der Waals surface area contributed by atoms with Gasteiger partial charge in [0.1, 0.15) is 5.75 Å². The van der Waals surface area contributed by atoms with Crippen molar-refractivity contribution in [2.24, 2.45) is 0 Å². The van der Waals surface area contributed by atoms with E-state index >= 15 is 0 Å². The molecule has 0 radical (unpaired) electrons. The Morgan fingerprint density at radius 2 is 1.70 bits per heavy atom. The summed E-state index contributed by atoms with van der Waals surface area (Å²) in [4.78, 5) is 24.2. The Hall–Kier alpha value is -2.86. The molecule has 0 heterocycles. The van der Waals surface area contributed by atoms with Gasteiger partial charge >= 0.3 is 0 Å². The molecular formula is C17H18N2O4. The minimum atomic E-state index is -0.804. The van der Waals surface area contributed by atoms with Crippen LogP contribution in [-0.2, 0) is 9.53 Å². The lowest BCUT2D eigenvalue weighted by atomic mass is 10.1. The van der Waals surface area contributed by atoms with E-state index in [9.17, 15) is 9.59 Å². The standard InChI is InChI=1S/C17H18N2O4/c1-22-14-10-6-9-13(11-14)16(20)18-19-17(21)15(23-2)12-7-4-3-5-8-12/h3-11,15H,1-2H3,(H,18,20)(H,19,21). The maximum Gasteiger partial charge on any atom is 0.272 e. The molecule has 0 fully saturated rings. The van der Waals surface area contributed by atoms with Crippen molar-refractivity contribution in [3.05, 3.63) is 65.7 Å². The van der Waals surface area contributed by atoms with Gasteiger partial charge in [-0.15, -0.1) is 0 Å². The normalized spacial score (nSPS) is 11.4. The number of nitrogens with one attached hydrogen (secondary N) is 2. The number of hydrogen-bond acceptors (Lipinski definition) is 4. The van der Waals surface area contributed by atoms with Gasteiger partial charge in [0.05, 0.1) is 7.11 Å². The van der Waals surface area contributed by atoms with Crippen LogP contribution in [-0.4, -0.2) is 26.0 Å². The highest BCUT2D eigenvalue weighted by Gasteiger charge is 2.20. The van der Waals surface area contributed by atoms with Crippen molar-refractivity contribution in [2.75, 3.05) is 14.2 Å². The van der Waals surface area contributed by atoms with Crippen molar-refractivity contribution < 1.29 is 19.1 Å². The Kier molecular flexibility index (Phi) is 5.71. The minimum absolute atomic E-state index is 0.373. The molecule has 120 valence electrons. The van der Waals surface area contributed by atoms with E-state index < -0.39 is 17.9 Å². The molecule has 0 saturated carbocycles. The van der Waals surface area contributed by atoms with E-state index in [1.54, 1.807) is 36.4 Å². The average Bonchev–Trinajstić information content (AvgIpc) is 2.61. The van der Waals surface area contributed by atoms with Crippen molar-refractivity contribution in [1.29, 1.82) is 0 Å². The monoisotopic (exact) mass is 314 g/mol. The molecule has 0 aliphatic heterocycles. The van der Waals surface area contributed by atoms with E-state index in [1.165, 1.54) is 14.2 Å². The number of hydrazine groups is 1. The summed E-state index contributed by atoms with van der Waals surface area (Å²) in [5.74, 6) is -0.349. The third kappa shape index (κ3) is 4.31. The number of methoxy groups -OCH3 is 2. The second kappa shape index (κ2) is 7.95. The van der Waals surface area contributed by atoms with E-state index in [1.807, 2.05) is 18.2 Å². The molecule has 2 rings (SSSR count). The molecule has 6 nitrogen and oxygen atoms in total. The maximum atomic E-state index is 12.2. The predicted molar refractivity (Wildman–Crippen MR) is 84.8 cm³/mol. The number of carbonyl (C=O) groups excluding carboxylic acids is 2. The van der Waals surface area contributed by atoms with E-state index in [4.69, 9.17) is 9.47 Å². The molecule has 2 aromatic rings. The van der Waals surface area contributed by atoms with Crippen LogP contribution in [0.4, 0.5) is 0 Å². The second-order valence-corrected chi connectivity index (χ2v) is 4.70. The van der Waals surface area contributed by atoms with Crippen LogP contribution < -0.4 is 15.6 Å². The highest BCUT2D eigenvalue weighted by molar-refractivity contribution is 5.96. The summed E-state index contributed by atoms with van der Waals surface area (Å²) < 4.78 is 10.2. The van der Waals surface area contributed by atoms with Crippen LogP contribution in [0.15, 0.2) is 54.6 Å². The first-order chi connectivity index (χ1) is 11.2. The minimum Gasteiger partial charge on any atom is -0.497 e. The maximum absolute atomic E-state index is 12.2. The lowest BCUT2D eigenvalue weighted by Crippen LogP contribution is -2.44. The Bertz CT molecular complexity index is 673. The second-order valence-electron chi connectivity index (χ2n) is 4.70. The summed E-state index contributed by atoms with van der Waals surface area (Å²) in [7, 11) is 2.95. The molecule has 2 aromatic carbocycles. The number of amides is 2. The predicted octanol–water partition coefficient (Wildman–Crippen LogP) is 1.84. The fourth-order valence-corrected chi connectivity index (χ4v) is 2.04. The highest BCUT2D eigenvalue weighted by Crippen LogP contribution is 2.16. The van der Waals surface area contributed by atoms with Crippen LogP contribution in [0.5, 0.6) is 5.75 Å². The molecule has 0 spiro atoms. The smallest absolute Gasteiger partial charge is 0.272 e. The Morgan fingerprint density at radius 3 is 2.35 bits per heavy atom. The van der Waals surface area contributed by atoms with Crippen LogP contribution in [0.3, 0.4) is 0 Å². The number of rotatable bonds is 5. The van der Waals surface area contributed by atoms with Crippen LogP contribution in [0.1, 0.15) is 22.0 Å². The Labute approximate surface area is 134 Å². The van der Waals surface area contributed by atoms with E-state index in [0.717, 1.165) is 0 Å². The summed E-state index contributed by atoms with van der Waals surface area (Å²) in [6.07, 6.45) is -0.804. The van der Waals surface area contributed by atoms with Gasteiger partial charge in [-0.05, 0) is 23.8 Å². The molecule has 23 heavy (non-hydrogen) atoms. The first-order valence-electron chi connectivity index (χ1n) is 6.97. The fraction of sp³-hybridized carbons (Fsp3) is 0.176. The van der Waals surface area contributed by atoms with Crippen molar-refractivity contribution in [1.82, 2.24) is 10.9 Å². The molecule has 0 aliphatic rings. The number of benzene rings is 2. The molecule has 1 atom stereocenters. The van der Waals surface area contributed by atoms with E-state index in [0.29, 0.717) is 16.9 Å². The van der Waals surface area contributed by atoms with E-state index in [2.05, 4.69) is 10.9 Å². The molecular weight excluding hydrogens is 296 g/mol. The van der Waals surface area contributed by atoms with Gasteiger partial charge in [0.25, 0.3) is 11.8 Å². The van der Waals surface area contributed by atoms with Crippen molar-refractivity contribution in [2.45, 2.75) is 6.10 Å². The zero-order valence-corrected chi connectivity index (χ0v) is 12.9. The zero-order valence-electron chi connectivity index (χ0n) is 12.9. The SMILES string of the molecule is COc1cccc(C(=O)NNC(=O)C(OC)c2ccccc2)c1.